The minimum absolute atomic E-state index is 0. The zero-order chi connectivity index (χ0) is 8.20. The summed E-state index contributed by atoms with van der Waals surface area (Å²) < 4.78 is 4.59. The molecule has 12 heavy (non-hydrogen) atoms. The first-order chi connectivity index (χ1) is 4.54. The Morgan fingerprint density at radius 3 is 2.17 bits per heavy atom. The molecule has 0 fully saturated rings. The Bertz CT molecular complexity index is 131. The number of rotatable bonds is 3. The van der Waals surface area contributed by atoms with Gasteiger partial charge in [-0.2, -0.15) is 12.6 Å². The van der Waals surface area contributed by atoms with E-state index in [1.165, 1.54) is 7.11 Å². The molecule has 5 heteroatoms. The van der Waals surface area contributed by atoms with Crippen LogP contribution in [0.2, 0.25) is 0 Å². The maximum Gasteiger partial charge on any atom is 0.311 e. The molecular weight excluding hydrogens is 289 g/mol. The predicted molar refractivity (Wildman–Crippen MR) is 64.7 cm³/mol. The van der Waals surface area contributed by atoms with Crippen molar-refractivity contribution < 1.29 is 9.53 Å². The van der Waals surface area contributed by atoms with Crippen LogP contribution in [-0.4, -0.2) is 18.8 Å². The van der Waals surface area contributed by atoms with Gasteiger partial charge in [0.25, 0.3) is 0 Å². The van der Waals surface area contributed by atoms with Crippen molar-refractivity contribution in [2.45, 2.75) is 20.3 Å². The molecule has 0 amide bonds. The Balaban J connectivity index is -0.000000405. The molecule has 0 aliphatic carbocycles. The maximum atomic E-state index is 11.0. The predicted octanol–water partition coefficient (Wildman–Crippen LogP) is 2.29. The zero-order valence-electron chi connectivity index (χ0n) is 7.79. The van der Waals surface area contributed by atoms with Gasteiger partial charge >= 0.3 is 5.97 Å². The van der Waals surface area contributed by atoms with Gasteiger partial charge in [0.05, 0.1) is 12.5 Å². The van der Waals surface area contributed by atoms with Gasteiger partial charge in [-0.1, -0.05) is 0 Å². The van der Waals surface area contributed by atoms with Gasteiger partial charge in [-0.05, 0) is 26.0 Å². The SMILES string of the molecule is COC(=O)C(C)(C)CCS.I.N. The number of halogens is 1. The lowest BCUT2D eigenvalue weighted by Gasteiger charge is -2.19. The van der Waals surface area contributed by atoms with Crippen LogP contribution >= 0.6 is 36.6 Å². The fourth-order valence-electron chi connectivity index (χ4n) is 0.658. The molecule has 3 nitrogen and oxygen atoms in total. The molecule has 0 aromatic heterocycles. The molecule has 0 aromatic rings. The van der Waals surface area contributed by atoms with Crippen LogP contribution in [0.25, 0.3) is 0 Å². The molecular formula is C7H18INO2S. The first kappa shape index (κ1) is 18.3. The molecule has 0 saturated carbocycles. The summed E-state index contributed by atoms with van der Waals surface area (Å²) >= 11 is 4.04. The molecule has 0 atom stereocenters. The summed E-state index contributed by atoms with van der Waals surface area (Å²) in [5, 5.41) is 0. The number of carbonyl (C=O) groups excluding carboxylic acids is 1. The molecule has 0 spiro atoms. The summed E-state index contributed by atoms with van der Waals surface area (Å²) in [7, 11) is 1.41. The fourth-order valence-corrected chi connectivity index (χ4v) is 1.22. The Labute approximate surface area is 96.6 Å². The first-order valence-electron chi connectivity index (χ1n) is 3.24. The molecule has 0 radical (unpaired) electrons. The molecule has 3 N–H and O–H groups in total. The molecule has 0 rings (SSSR count). The summed E-state index contributed by atoms with van der Waals surface area (Å²) in [6.07, 6.45) is 0.753. The second kappa shape index (κ2) is 8.12. The van der Waals surface area contributed by atoms with Crippen molar-refractivity contribution in [2.75, 3.05) is 12.9 Å². The fraction of sp³-hybridized carbons (Fsp3) is 0.857. The van der Waals surface area contributed by atoms with E-state index in [1.54, 1.807) is 0 Å². The number of hydrogen-bond donors (Lipinski definition) is 2. The highest BCUT2D eigenvalue weighted by atomic mass is 127. The van der Waals surface area contributed by atoms with Crippen molar-refractivity contribution in [2.24, 2.45) is 5.41 Å². The van der Waals surface area contributed by atoms with Crippen LogP contribution < -0.4 is 6.15 Å². The lowest BCUT2D eigenvalue weighted by atomic mass is 9.91. The lowest BCUT2D eigenvalue weighted by molar-refractivity contribution is -0.150. The van der Waals surface area contributed by atoms with Gasteiger partial charge in [0.15, 0.2) is 0 Å². The van der Waals surface area contributed by atoms with E-state index in [2.05, 4.69) is 17.4 Å². The molecule has 76 valence electrons. The van der Waals surface area contributed by atoms with Gasteiger partial charge in [0.1, 0.15) is 0 Å². The van der Waals surface area contributed by atoms with E-state index in [0.29, 0.717) is 5.75 Å². The third-order valence-electron chi connectivity index (χ3n) is 1.47. The van der Waals surface area contributed by atoms with Crippen LogP contribution in [0, 0.1) is 5.41 Å². The van der Waals surface area contributed by atoms with Crippen LogP contribution in [0.3, 0.4) is 0 Å². The Kier molecular flexibility index (Phi) is 12.4. The lowest BCUT2D eigenvalue weighted by Crippen LogP contribution is -2.25. The minimum Gasteiger partial charge on any atom is -0.469 e. The number of ether oxygens (including phenoxy) is 1. The zero-order valence-corrected chi connectivity index (χ0v) is 11.0. The van der Waals surface area contributed by atoms with Crippen LogP contribution in [0.5, 0.6) is 0 Å². The highest BCUT2D eigenvalue weighted by molar-refractivity contribution is 14.0. The molecule has 0 aromatic carbocycles. The summed E-state index contributed by atoms with van der Waals surface area (Å²) in [6, 6.07) is 0. The second-order valence-electron chi connectivity index (χ2n) is 2.85. The van der Waals surface area contributed by atoms with Crippen molar-refractivity contribution >= 4 is 42.6 Å². The first-order valence-corrected chi connectivity index (χ1v) is 3.87. The minimum atomic E-state index is -0.378. The third-order valence-corrected chi connectivity index (χ3v) is 1.70. The van der Waals surface area contributed by atoms with Crippen molar-refractivity contribution in [3.8, 4) is 0 Å². The quantitative estimate of drug-likeness (QED) is 0.478. The monoisotopic (exact) mass is 307 g/mol. The van der Waals surface area contributed by atoms with Gasteiger partial charge in [0, 0.05) is 0 Å². The van der Waals surface area contributed by atoms with Gasteiger partial charge in [-0.3, -0.25) is 4.79 Å². The topological polar surface area (TPSA) is 61.3 Å². The summed E-state index contributed by atoms with van der Waals surface area (Å²) in [5.41, 5.74) is -0.378. The summed E-state index contributed by atoms with van der Waals surface area (Å²) in [6.45, 7) is 3.71. The number of carbonyl (C=O) groups is 1. The van der Waals surface area contributed by atoms with Gasteiger partial charge < -0.3 is 10.9 Å². The normalized spacial score (nSPS) is 9.33. The Morgan fingerprint density at radius 1 is 1.50 bits per heavy atom. The Hall–Kier alpha value is 0.510. The highest BCUT2D eigenvalue weighted by Gasteiger charge is 2.27. The number of methoxy groups -OCH3 is 1. The van der Waals surface area contributed by atoms with E-state index in [0.717, 1.165) is 6.42 Å². The number of esters is 1. The molecule has 0 aliphatic rings. The highest BCUT2D eigenvalue weighted by Crippen LogP contribution is 2.21. The summed E-state index contributed by atoms with van der Waals surface area (Å²) in [4.78, 5) is 11.0. The van der Waals surface area contributed by atoms with Crippen LogP contribution in [0.1, 0.15) is 20.3 Å². The van der Waals surface area contributed by atoms with Gasteiger partial charge in [-0.15, -0.1) is 24.0 Å². The average molecular weight is 307 g/mol. The van der Waals surface area contributed by atoms with Crippen molar-refractivity contribution in [1.82, 2.24) is 6.15 Å². The van der Waals surface area contributed by atoms with E-state index in [-0.39, 0.29) is 41.5 Å². The average Bonchev–Trinajstić information content (AvgIpc) is 1.86. The van der Waals surface area contributed by atoms with E-state index in [4.69, 9.17) is 0 Å². The Morgan fingerprint density at radius 2 is 1.92 bits per heavy atom. The van der Waals surface area contributed by atoms with E-state index in [1.807, 2.05) is 13.8 Å². The smallest absolute Gasteiger partial charge is 0.311 e. The van der Waals surface area contributed by atoms with E-state index < -0.39 is 0 Å². The summed E-state index contributed by atoms with van der Waals surface area (Å²) in [5.74, 6) is 0.545. The van der Waals surface area contributed by atoms with E-state index in [9.17, 15) is 4.79 Å². The van der Waals surface area contributed by atoms with Gasteiger partial charge in [-0.25, -0.2) is 0 Å². The van der Waals surface area contributed by atoms with Crippen LogP contribution in [-0.2, 0) is 9.53 Å². The number of hydrogen-bond acceptors (Lipinski definition) is 4. The maximum absolute atomic E-state index is 11.0. The molecule has 0 aliphatic heterocycles. The van der Waals surface area contributed by atoms with E-state index >= 15 is 0 Å². The largest absolute Gasteiger partial charge is 0.469 e. The second-order valence-corrected chi connectivity index (χ2v) is 3.30. The van der Waals surface area contributed by atoms with Crippen LogP contribution in [0.15, 0.2) is 0 Å². The van der Waals surface area contributed by atoms with Crippen molar-refractivity contribution in [3.63, 3.8) is 0 Å². The van der Waals surface area contributed by atoms with Crippen LogP contribution in [0.4, 0.5) is 0 Å². The van der Waals surface area contributed by atoms with Crippen molar-refractivity contribution in [3.05, 3.63) is 0 Å². The molecule has 0 unspecified atom stereocenters. The standard InChI is InChI=1S/C7H14O2S.HI.H3N/c1-7(2,4-5-10)6(8)9-3;;/h10H,4-5H2,1-3H3;1H;1H3. The number of thiol groups is 1. The molecule has 0 heterocycles. The molecule has 0 saturated heterocycles. The third kappa shape index (κ3) is 6.07. The van der Waals surface area contributed by atoms with Gasteiger partial charge in [0.2, 0.25) is 0 Å². The molecule has 0 bridgehead atoms. The van der Waals surface area contributed by atoms with Crippen molar-refractivity contribution in [1.29, 1.82) is 0 Å².